The Morgan fingerprint density at radius 3 is 2.00 bits per heavy atom. The van der Waals surface area contributed by atoms with Crippen LogP contribution >= 0.6 is 0 Å². The molecule has 0 saturated carbocycles. The van der Waals surface area contributed by atoms with Gasteiger partial charge < -0.3 is 0 Å². The molecule has 1 aliphatic carbocycles. The molecule has 0 atom stereocenters. The first-order chi connectivity index (χ1) is 12.3. The first-order valence-electron chi connectivity index (χ1n) is 9.59. The van der Waals surface area contributed by atoms with Crippen molar-refractivity contribution in [2.45, 2.75) is 51.9 Å². The zero-order chi connectivity index (χ0) is 18.5. The zero-order valence-corrected chi connectivity index (χ0v) is 16.6. The average Bonchev–Trinajstić information content (AvgIpc) is 2.83. The van der Waals surface area contributed by atoms with Gasteiger partial charge in [0.25, 0.3) is 0 Å². The minimum atomic E-state index is 0.0814. The van der Waals surface area contributed by atoms with Crippen LogP contribution in [0.1, 0.15) is 62.4 Å². The molecule has 4 rings (SSSR count). The summed E-state index contributed by atoms with van der Waals surface area (Å²) in [7, 11) is 0. The van der Waals surface area contributed by atoms with Crippen molar-refractivity contribution in [1.82, 2.24) is 0 Å². The molecular formula is C26H28. The Morgan fingerprint density at radius 1 is 0.692 bits per heavy atom. The van der Waals surface area contributed by atoms with Gasteiger partial charge in [-0.1, -0.05) is 101 Å². The van der Waals surface area contributed by atoms with Gasteiger partial charge in [0.15, 0.2) is 0 Å². The Labute approximate surface area is 157 Å². The minimum absolute atomic E-state index is 0.0814. The fourth-order valence-corrected chi connectivity index (χ4v) is 4.22. The highest BCUT2D eigenvalue weighted by Crippen LogP contribution is 2.48. The van der Waals surface area contributed by atoms with Gasteiger partial charge in [0.1, 0.15) is 0 Å². The predicted octanol–water partition coefficient (Wildman–Crippen LogP) is 6.88. The molecule has 0 spiro atoms. The molecule has 0 bridgehead atoms. The number of rotatable bonds is 2. The van der Waals surface area contributed by atoms with Crippen LogP contribution in [0.15, 0.2) is 66.7 Å². The summed E-state index contributed by atoms with van der Waals surface area (Å²) in [5.74, 6) is 0. The number of hydrogen-bond donors (Lipinski definition) is 0. The summed E-state index contributed by atoms with van der Waals surface area (Å²) < 4.78 is 0. The smallest absolute Gasteiger partial charge is 0.0158 e. The molecule has 0 saturated heterocycles. The molecule has 0 aromatic heterocycles. The van der Waals surface area contributed by atoms with E-state index in [1.807, 2.05) is 0 Å². The van der Waals surface area contributed by atoms with Crippen molar-refractivity contribution in [2.24, 2.45) is 0 Å². The molecule has 0 unspecified atom stereocenters. The van der Waals surface area contributed by atoms with E-state index in [4.69, 9.17) is 0 Å². The summed E-state index contributed by atoms with van der Waals surface area (Å²) in [6.07, 6.45) is 0.990. The summed E-state index contributed by atoms with van der Waals surface area (Å²) in [5.41, 5.74) is 10.2. The third-order valence-corrected chi connectivity index (χ3v) is 5.88. The van der Waals surface area contributed by atoms with Crippen LogP contribution in [0.25, 0.3) is 11.1 Å². The highest BCUT2D eigenvalue weighted by Gasteiger charge is 2.34. The van der Waals surface area contributed by atoms with Crippen molar-refractivity contribution in [3.63, 3.8) is 0 Å². The van der Waals surface area contributed by atoms with E-state index in [1.165, 1.54) is 38.9 Å². The molecule has 26 heavy (non-hydrogen) atoms. The van der Waals surface area contributed by atoms with Crippen molar-refractivity contribution in [1.29, 1.82) is 0 Å². The van der Waals surface area contributed by atoms with Gasteiger partial charge in [-0.15, -0.1) is 0 Å². The molecule has 3 aromatic rings. The molecule has 0 aliphatic heterocycles. The number of benzene rings is 3. The summed E-state index contributed by atoms with van der Waals surface area (Å²) in [6.45, 7) is 11.5. The summed E-state index contributed by atoms with van der Waals surface area (Å²) in [5, 5.41) is 0. The summed E-state index contributed by atoms with van der Waals surface area (Å²) in [4.78, 5) is 0. The van der Waals surface area contributed by atoms with Crippen LogP contribution in [0.4, 0.5) is 0 Å². The van der Waals surface area contributed by atoms with Gasteiger partial charge in [-0.05, 0) is 50.8 Å². The minimum Gasteiger partial charge on any atom is -0.0619 e. The van der Waals surface area contributed by atoms with E-state index in [2.05, 4.69) is 101 Å². The van der Waals surface area contributed by atoms with Crippen molar-refractivity contribution >= 4 is 0 Å². The topological polar surface area (TPSA) is 0 Å². The quantitative estimate of drug-likeness (QED) is 0.477. The Morgan fingerprint density at radius 2 is 1.31 bits per heavy atom. The van der Waals surface area contributed by atoms with Crippen LogP contribution < -0.4 is 0 Å². The lowest BCUT2D eigenvalue weighted by Gasteiger charge is -2.22. The second-order valence-electron chi connectivity index (χ2n) is 9.17. The van der Waals surface area contributed by atoms with Gasteiger partial charge in [0.05, 0.1) is 0 Å². The molecule has 132 valence electrons. The Balaban J connectivity index is 1.66. The molecule has 0 heteroatoms. The molecule has 0 amide bonds. The number of hydrogen-bond acceptors (Lipinski definition) is 0. The van der Waals surface area contributed by atoms with Gasteiger partial charge >= 0.3 is 0 Å². The normalized spacial score (nSPS) is 14.8. The van der Waals surface area contributed by atoms with Crippen molar-refractivity contribution in [3.05, 3.63) is 94.5 Å². The van der Waals surface area contributed by atoms with Gasteiger partial charge in [0, 0.05) is 5.41 Å². The van der Waals surface area contributed by atoms with E-state index in [9.17, 15) is 0 Å². The van der Waals surface area contributed by atoms with Crippen LogP contribution in [0, 0.1) is 0 Å². The van der Waals surface area contributed by atoms with E-state index in [-0.39, 0.29) is 10.8 Å². The van der Waals surface area contributed by atoms with Crippen LogP contribution in [0.2, 0.25) is 0 Å². The first kappa shape index (κ1) is 17.1. The molecule has 1 aliphatic rings. The van der Waals surface area contributed by atoms with Gasteiger partial charge in [0.2, 0.25) is 0 Å². The average molecular weight is 341 g/mol. The summed E-state index contributed by atoms with van der Waals surface area (Å²) >= 11 is 0. The molecular weight excluding hydrogens is 312 g/mol. The van der Waals surface area contributed by atoms with Crippen molar-refractivity contribution < 1.29 is 0 Å². The zero-order valence-electron chi connectivity index (χ0n) is 16.6. The van der Waals surface area contributed by atoms with E-state index < -0.39 is 0 Å². The van der Waals surface area contributed by atoms with Crippen LogP contribution in [0.3, 0.4) is 0 Å². The number of fused-ring (bicyclic) bond motifs is 3. The lowest BCUT2D eigenvalue weighted by atomic mass is 9.81. The highest BCUT2D eigenvalue weighted by atomic mass is 14.4. The maximum absolute atomic E-state index is 2.42. The highest BCUT2D eigenvalue weighted by molar-refractivity contribution is 5.80. The van der Waals surface area contributed by atoms with Gasteiger partial charge in [-0.3, -0.25) is 0 Å². The van der Waals surface area contributed by atoms with Gasteiger partial charge in [-0.25, -0.2) is 0 Å². The Bertz CT molecular complexity index is 950. The fourth-order valence-electron chi connectivity index (χ4n) is 4.22. The Kier molecular flexibility index (Phi) is 3.84. The maximum atomic E-state index is 2.42. The molecule has 0 fully saturated rings. The van der Waals surface area contributed by atoms with E-state index in [1.54, 1.807) is 0 Å². The van der Waals surface area contributed by atoms with Gasteiger partial charge in [-0.2, -0.15) is 0 Å². The molecule has 0 heterocycles. The third-order valence-electron chi connectivity index (χ3n) is 5.88. The van der Waals surface area contributed by atoms with E-state index in [0.717, 1.165) is 6.42 Å². The lowest BCUT2D eigenvalue weighted by Crippen LogP contribution is -2.15. The SMILES string of the molecule is CC(C)(C)c1ccc(Cc2ccc3c(c2)C(C)(C)c2ccccc2-3)cc1. The first-order valence-corrected chi connectivity index (χ1v) is 9.59. The molecule has 0 N–H and O–H groups in total. The third kappa shape index (κ3) is 2.78. The monoisotopic (exact) mass is 340 g/mol. The fraction of sp³-hybridized carbons (Fsp3) is 0.308. The van der Waals surface area contributed by atoms with Crippen LogP contribution in [0.5, 0.6) is 0 Å². The molecule has 3 aromatic carbocycles. The molecule has 0 nitrogen and oxygen atoms in total. The summed E-state index contributed by atoms with van der Waals surface area (Å²) in [6, 6.07) is 25.0. The second-order valence-corrected chi connectivity index (χ2v) is 9.17. The maximum Gasteiger partial charge on any atom is 0.0158 e. The standard InChI is InChI=1S/C26H28/c1-25(2,3)20-13-10-18(11-14-20)16-19-12-15-22-21-8-6-7-9-23(21)26(4,5)24(22)17-19/h6-15,17H,16H2,1-5H3. The van der Waals surface area contributed by atoms with Crippen molar-refractivity contribution in [2.75, 3.05) is 0 Å². The van der Waals surface area contributed by atoms with Crippen LogP contribution in [-0.2, 0) is 17.3 Å². The second kappa shape index (κ2) is 5.84. The molecule has 0 radical (unpaired) electrons. The predicted molar refractivity (Wildman–Crippen MR) is 112 cm³/mol. The lowest BCUT2D eigenvalue weighted by molar-refractivity contribution is 0.590. The van der Waals surface area contributed by atoms with Crippen molar-refractivity contribution in [3.8, 4) is 11.1 Å². The van der Waals surface area contributed by atoms with E-state index in [0.29, 0.717) is 0 Å². The van der Waals surface area contributed by atoms with E-state index >= 15 is 0 Å². The Hall–Kier alpha value is -2.34. The largest absolute Gasteiger partial charge is 0.0619 e. The van der Waals surface area contributed by atoms with Crippen LogP contribution in [-0.4, -0.2) is 0 Å².